The van der Waals surface area contributed by atoms with Crippen LogP contribution in [0.25, 0.3) is 0 Å². The van der Waals surface area contributed by atoms with Gasteiger partial charge in [-0.1, -0.05) is 30.7 Å². The number of carbonyl (C=O) groups excluding carboxylic acids is 1. The van der Waals surface area contributed by atoms with Crippen molar-refractivity contribution in [2.24, 2.45) is 0 Å². The number of benzene rings is 2. The van der Waals surface area contributed by atoms with Crippen molar-refractivity contribution in [1.29, 1.82) is 0 Å². The summed E-state index contributed by atoms with van der Waals surface area (Å²) in [6, 6.07) is 10.7. The van der Waals surface area contributed by atoms with E-state index in [-0.39, 0.29) is 17.0 Å². The molecule has 2 aromatic carbocycles. The molecule has 0 saturated carbocycles. The second-order valence-corrected chi connectivity index (χ2v) is 8.55. The van der Waals surface area contributed by atoms with E-state index >= 15 is 0 Å². The SMILES string of the molecule is CCNS(=O)(=O)c1ccc(F)c(C(=O)N2CCN(c3ccccc3Cl)CC2)c1. The Labute approximate surface area is 168 Å². The zero-order valence-corrected chi connectivity index (χ0v) is 16.9. The summed E-state index contributed by atoms with van der Waals surface area (Å²) in [5.74, 6) is -1.26. The molecule has 150 valence electrons. The fourth-order valence-corrected chi connectivity index (χ4v) is 4.46. The first kappa shape index (κ1) is 20.6. The number of carbonyl (C=O) groups is 1. The molecule has 3 rings (SSSR count). The van der Waals surface area contributed by atoms with Crippen molar-refractivity contribution in [3.63, 3.8) is 0 Å². The molecule has 0 atom stereocenters. The summed E-state index contributed by atoms with van der Waals surface area (Å²) in [6.45, 7) is 3.71. The predicted molar refractivity (Wildman–Crippen MR) is 107 cm³/mol. The number of hydrogen-bond acceptors (Lipinski definition) is 4. The maximum absolute atomic E-state index is 14.3. The Morgan fingerprint density at radius 1 is 1.14 bits per heavy atom. The number of para-hydroxylation sites is 1. The fraction of sp³-hybridized carbons (Fsp3) is 0.316. The van der Waals surface area contributed by atoms with Crippen molar-refractivity contribution in [1.82, 2.24) is 9.62 Å². The van der Waals surface area contributed by atoms with Gasteiger partial charge < -0.3 is 9.80 Å². The maximum atomic E-state index is 14.3. The smallest absolute Gasteiger partial charge is 0.256 e. The molecule has 1 amide bonds. The van der Waals surface area contributed by atoms with Crippen LogP contribution in [0.15, 0.2) is 47.4 Å². The van der Waals surface area contributed by atoms with Crippen LogP contribution in [0, 0.1) is 5.82 Å². The number of halogens is 2. The van der Waals surface area contributed by atoms with Gasteiger partial charge in [-0.05, 0) is 30.3 Å². The number of nitrogens with one attached hydrogen (secondary N) is 1. The van der Waals surface area contributed by atoms with Crippen LogP contribution in [-0.4, -0.2) is 51.9 Å². The minimum absolute atomic E-state index is 0.131. The minimum Gasteiger partial charge on any atom is -0.367 e. The first-order valence-corrected chi connectivity index (χ1v) is 10.8. The largest absolute Gasteiger partial charge is 0.367 e. The van der Waals surface area contributed by atoms with Gasteiger partial charge >= 0.3 is 0 Å². The average Bonchev–Trinajstić information content (AvgIpc) is 2.68. The van der Waals surface area contributed by atoms with Crippen molar-refractivity contribution in [3.8, 4) is 0 Å². The highest BCUT2D eigenvalue weighted by molar-refractivity contribution is 7.89. The van der Waals surface area contributed by atoms with Gasteiger partial charge in [-0.2, -0.15) is 0 Å². The Morgan fingerprint density at radius 3 is 2.46 bits per heavy atom. The summed E-state index contributed by atoms with van der Waals surface area (Å²) in [5, 5.41) is 0.634. The van der Waals surface area contributed by atoms with Gasteiger partial charge in [-0.3, -0.25) is 4.79 Å². The lowest BCUT2D eigenvalue weighted by atomic mass is 10.1. The standard InChI is InChI=1S/C19H21ClFN3O3S/c1-2-22-28(26,27)14-7-8-17(21)15(13-14)19(25)24-11-9-23(10-12-24)18-6-4-3-5-16(18)20/h3-8,13,22H,2,9-12H2,1H3. The van der Waals surface area contributed by atoms with Crippen molar-refractivity contribution < 1.29 is 17.6 Å². The van der Waals surface area contributed by atoms with E-state index in [1.807, 2.05) is 18.2 Å². The van der Waals surface area contributed by atoms with Crippen molar-refractivity contribution in [2.45, 2.75) is 11.8 Å². The van der Waals surface area contributed by atoms with Crippen LogP contribution in [0.4, 0.5) is 10.1 Å². The summed E-state index contributed by atoms with van der Waals surface area (Å²) in [4.78, 5) is 16.3. The monoisotopic (exact) mass is 425 g/mol. The summed E-state index contributed by atoms with van der Waals surface area (Å²) in [7, 11) is -3.77. The van der Waals surface area contributed by atoms with Crippen molar-refractivity contribution in [2.75, 3.05) is 37.6 Å². The third-order valence-electron chi connectivity index (χ3n) is 4.57. The molecule has 1 heterocycles. The molecule has 0 bridgehead atoms. The predicted octanol–water partition coefficient (Wildman–Crippen LogP) is 2.74. The molecule has 0 radical (unpaired) electrons. The number of hydrogen-bond donors (Lipinski definition) is 1. The Bertz CT molecular complexity index is 976. The lowest BCUT2D eigenvalue weighted by Crippen LogP contribution is -2.49. The van der Waals surface area contributed by atoms with Crippen LogP contribution in [0.3, 0.4) is 0 Å². The van der Waals surface area contributed by atoms with E-state index in [2.05, 4.69) is 9.62 Å². The number of rotatable bonds is 5. The number of nitrogens with zero attached hydrogens (tertiary/aromatic N) is 2. The minimum atomic E-state index is -3.77. The quantitative estimate of drug-likeness (QED) is 0.799. The van der Waals surface area contributed by atoms with E-state index in [9.17, 15) is 17.6 Å². The molecule has 0 unspecified atom stereocenters. The Hall–Kier alpha value is -2.16. The molecule has 1 saturated heterocycles. The van der Waals surface area contributed by atoms with E-state index < -0.39 is 21.7 Å². The van der Waals surface area contributed by atoms with Crippen LogP contribution < -0.4 is 9.62 Å². The zero-order chi connectivity index (χ0) is 20.3. The lowest BCUT2D eigenvalue weighted by molar-refractivity contribution is 0.0742. The lowest BCUT2D eigenvalue weighted by Gasteiger charge is -2.36. The highest BCUT2D eigenvalue weighted by atomic mass is 35.5. The Kier molecular flexibility index (Phi) is 6.22. The van der Waals surface area contributed by atoms with Crippen LogP contribution in [-0.2, 0) is 10.0 Å². The van der Waals surface area contributed by atoms with E-state index in [1.54, 1.807) is 13.0 Å². The second kappa shape index (κ2) is 8.46. The number of piperazine rings is 1. The van der Waals surface area contributed by atoms with Gasteiger partial charge in [0.1, 0.15) is 5.82 Å². The Balaban J connectivity index is 1.76. The summed E-state index contributed by atoms with van der Waals surface area (Å²) in [6.07, 6.45) is 0. The van der Waals surface area contributed by atoms with Crippen LogP contribution in [0.5, 0.6) is 0 Å². The number of amides is 1. The molecule has 28 heavy (non-hydrogen) atoms. The highest BCUT2D eigenvalue weighted by Gasteiger charge is 2.26. The topological polar surface area (TPSA) is 69.7 Å². The molecule has 1 aliphatic heterocycles. The molecule has 6 nitrogen and oxygen atoms in total. The van der Waals surface area contributed by atoms with E-state index in [0.29, 0.717) is 31.2 Å². The highest BCUT2D eigenvalue weighted by Crippen LogP contribution is 2.26. The third-order valence-corrected chi connectivity index (χ3v) is 6.44. The molecular formula is C19H21ClFN3O3S. The normalized spacial score (nSPS) is 15.0. The van der Waals surface area contributed by atoms with Gasteiger partial charge in [0.2, 0.25) is 10.0 Å². The van der Waals surface area contributed by atoms with Gasteiger partial charge in [0.15, 0.2) is 0 Å². The molecule has 1 aliphatic rings. The fourth-order valence-electron chi connectivity index (χ4n) is 3.14. The van der Waals surface area contributed by atoms with Gasteiger partial charge in [0.05, 0.1) is 21.2 Å². The molecule has 1 N–H and O–H groups in total. The first-order valence-electron chi connectivity index (χ1n) is 8.91. The number of sulfonamides is 1. The molecule has 9 heteroatoms. The molecule has 0 aliphatic carbocycles. The second-order valence-electron chi connectivity index (χ2n) is 6.37. The first-order chi connectivity index (χ1) is 13.3. The average molecular weight is 426 g/mol. The third kappa shape index (κ3) is 4.29. The maximum Gasteiger partial charge on any atom is 0.256 e. The van der Waals surface area contributed by atoms with E-state index in [0.717, 1.165) is 23.9 Å². The molecular weight excluding hydrogens is 405 g/mol. The summed E-state index contributed by atoms with van der Waals surface area (Å²) in [5.41, 5.74) is 0.645. The molecule has 0 spiro atoms. The van der Waals surface area contributed by atoms with E-state index in [1.165, 1.54) is 4.90 Å². The number of anilines is 1. The van der Waals surface area contributed by atoms with Crippen molar-refractivity contribution in [3.05, 3.63) is 58.9 Å². The van der Waals surface area contributed by atoms with Gasteiger partial charge in [-0.15, -0.1) is 0 Å². The van der Waals surface area contributed by atoms with Gasteiger partial charge in [0.25, 0.3) is 5.91 Å². The van der Waals surface area contributed by atoms with E-state index in [4.69, 9.17) is 11.6 Å². The summed E-state index contributed by atoms with van der Waals surface area (Å²) >= 11 is 6.22. The molecule has 1 fully saturated rings. The van der Waals surface area contributed by atoms with Gasteiger partial charge in [-0.25, -0.2) is 17.5 Å². The summed E-state index contributed by atoms with van der Waals surface area (Å²) < 4.78 is 40.9. The van der Waals surface area contributed by atoms with Crippen LogP contribution in [0.1, 0.15) is 17.3 Å². The van der Waals surface area contributed by atoms with Crippen LogP contribution >= 0.6 is 11.6 Å². The zero-order valence-electron chi connectivity index (χ0n) is 15.4. The van der Waals surface area contributed by atoms with Gasteiger partial charge in [0, 0.05) is 32.7 Å². The van der Waals surface area contributed by atoms with Crippen molar-refractivity contribution >= 4 is 33.2 Å². The molecule has 2 aromatic rings. The molecule has 0 aromatic heterocycles. The van der Waals surface area contributed by atoms with Crippen LogP contribution in [0.2, 0.25) is 5.02 Å². The Morgan fingerprint density at radius 2 is 1.82 bits per heavy atom.